The summed E-state index contributed by atoms with van der Waals surface area (Å²) in [5.74, 6) is 0. The number of aliphatic hydroxyl groups excluding tert-OH is 1. The maximum Gasteiger partial charge on any atom is 0.138 e. The largest absolute Gasteiger partial charge is 0.386 e. The number of nitrogens with zero attached hydrogens (tertiary/aromatic N) is 3. The molecule has 0 aromatic carbocycles. The van der Waals surface area contributed by atoms with Gasteiger partial charge >= 0.3 is 0 Å². The highest BCUT2D eigenvalue weighted by molar-refractivity contribution is 5.45. The van der Waals surface area contributed by atoms with E-state index in [4.69, 9.17) is 0 Å². The van der Waals surface area contributed by atoms with E-state index < -0.39 is 6.10 Å². The van der Waals surface area contributed by atoms with Crippen molar-refractivity contribution in [2.24, 2.45) is 5.41 Å². The van der Waals surface area contributed by atoms with Crippen molar-refractivity contribution in [1.29, 1.82) is 0 Å². The Labute approximate surface area is 77.9 Å². The Kier molecular flexibility index (Phi) is 2.52. The maximum absolute atomic E-state index is 9.84. The molecule has 0 bridgehead atoms. The van der Waals surface area contributed by atoms with Crippen molar-refractivity contribution in [2.75, 3.05) is 0 Å². The van der Waals surface area contributed by atoms with E-state index in [1.165, 1.54) is 17.3 Å². The zero-order valence-corrected chi connectivity index (χ0v) is 8.23. The Morgan fingerprint density at radius 2 is 2.15 bits per heavy atom. The number of hydrogen-bond donors (Lipinski definition) is 1. The van der Waals surface area contributed by atoms with Crippen LogP contribution in [0, 0.1) is 5.41 Å². The van der Waals surface area contributed by atoms with E-state index in [0.717, 1.165) is 0 Å². The first-order valence-electron chi connectivity index (χ1n) is 4.15. The summed E-state index contributed by atoms with van der Waals surface area (Å²) in [4.78, 5) is 3.79. The van der Waals surface area contributed by atoms with Gasteiger partial charge in [-0.05, 0) is 5.41 Å². The molecule has 0 saturated carbocycles. The average molecular weight is 181 g/mol. The van der Waals surface area contributed by atoms with Crippen molar-refractivity contribution in [3.05, 3.63) is 19.2 Å². The van der Waals surface area contributed by atoms with Crippen LogP contribution in [0.4, 0.5) is 0 Å². The molecule has 4 heteroatoms. The number of aromatic nitrogens is 3. The van der Waals surface area contributed by atoms with Gasteiger partial charge in [0.05, 0.1) is 5.70 Å². The van der Waals surface area contributed by atoms with Gasteiger partial charge in [-0.25, -0.2) is 9.67 Å². The van der Waals surface area contributed by atoms with E-state index in [9.17, 15) is 5.11 Å². The van der Waals surface area contributed by atoms with Crippen LogP contribution in [-0.2, 0) is 0 Å². The SMILES string of the molecule is C=C(C(O)C(C)(C)C)n1cncn1. The van der Waals surface area contributed by atoms with Crippen LogP contribution in [0.3, 0.4) is 0 Å². The minimum Gasteiger partial charge on any atom is -0.386 e. The van der Waals surface area contributed by atoms with Gasteiger partial charge in [-0.3, -0.25) is 0 Å². The Morgan fingerprint density at radius 1 is 1.54 bits per heavy atom. The lowest BCUT2D eigenvalue weighted by Gasteiger charge is -2.26. The zero-order chi connectivity index (χ0) is 10.1. The number of aliphatic hydroxyl groups is 1. The van der Waals surface area contributed by atoms with Crippen molar-refractivity contribution in [2.45, 2.75) is 26.9 Å². The summed E-state index contributed by atoms with van der Waals surface area (Å²) in [6, 6.07) is 0. The summed E-state index contributed by atoms with van der Waals surface area (Å²) in [6.07, 6.45) is 2.33. The fourth-order valence-corrected chi connectivity index (χ4v) is 0.982. The molecule has 0 spiro atoms. The van der Waals surface area contributed by atoms with Gasteiger partial charge in [0.15, 0.2) is 0 Å². The molecule has 1 aromatic heterocycles. The lowest BCUT2D eigenvalue weighted by atomic mass is 9.87. The van der Waals surface area contributed by atoms with Crippen LogP contribution in [-0.4, -0.2) is 26.0 Å². The summed E-state index contributed by atoms with van der Waals surface area (Å²) in [5.41, 5.74) is 0.313. The summed E-state index contributed by atoms with van der Waals surface area (Å²) < 4.78 is 1.48. The molecule has 1 aromatic rings. The lowest BCUT2D eigenvalue weighted by molar-refractivity contribution is 0.109. The molecule has 0 saturated heterocycles. The first kappa shape index (κ1) is 9.92. The molecule has 1 heterocycles. The summed E-state index contributed by atoms with van der Waals surface area (Å²) in [5, 5.41) is 13.7. The van der Waals surface area contributed by atoms with Gasteiger partial charge in [-0.15, -0.1) is 0 Å². The third kappa shape index (κ3) is 2.15. The van der Waals surface area contributed by atoms with Gasteiger partial charge in [-0.2, -0.15) is 5.10 Å². The first-order valence-corrected chi connectivity index (χ1v) is 4.15. The van der Waals surface area contributed by atoms with Crippen molar-refractivity contribution >= 4 is 5.70 Å². The molecular formula is C9H15N3O. The molecule has 0 aliphatic carbocycles. The topological polar surface area (TPSA) is 50.9 Å². The smallest absolute Gasteiger partial charge is 0.138 e. The van der Waals surface area contributed by atoms with Gasteiger partial charge in [0, 0.05) is 0 Å². The summed E-state index contributed by atoms with van der Waals surface area (Å²) >= 11 is 0. The fourth-order valence-electron chi connectivity index (χ4n) is 0.982. The quantitative estimate of drug-likeness (QED) is 0.744. The van der Waals surface area contributed by atoms with Crippen LogP contribution in [0.15, 0.2) is 19.2 Å². The van der Waals surface area contributed by atoms with Gasteiger partial charge < -0.3 is 5.11 Å². The van der Waals surface area contributed by atoms with Crippen molar-refractivity contribution < 1.29 is 5.11 Å². The molecule has 1 atom stereocenters. The Morgan fingerprint density at radius 3 is 2.54 bits per heavy atom. The van der Waals surface area contributed by atoms with E-state index in [0.29, 0.717) is 5.70 Å². The monoisotopic (exact) mass is 181 g/mol. The van der Waals surface area contributed by atoms with Crippen LogP contribution in [0.25, 0.3) is 5.70 Å². The molecule has 0 fully saturated rings. The minimum atomic E-state index is -0.616. The molecular weight excluding hydrogens is 166 g/mol. The van der Waals surface area contributed by atoms with Crippen LogP contribution < -0.4 is 0 Å². The standard InChI is InChI=1S/C9H15N3O/c1-7(8(13)9(2,3)4)12-6-10-5-11-12/h5-6,8,13H,1H2,2-4H3. The van der Waals surface area contributed by atoms with Crippen molar-refractivity contribution in [3.63, 3.8) is 0 Å². The highest BCUT2D eigenvalue weighted by atomic mass is 16.3. The average Bonchev–Trinajstić information content (AvgIpc) is 2.51. The van der Waals surface area contributed by atoms with Crippen LogP contribution in [0.2, 0.25) is 0 Å². The highest BCUT2D eigenvalue weighted by Crippen LogP contribution is 2.25. The molecule has 0 radical (unpaired) electrons. The molecule has 4 nitrogen and oxygen atoms in total. The third-order valence-corrected chi connectivity index (χ3v) is 1.85. The number of rotatable bonds is 2. The maximum atomic E-state index is 9.84. The van der Waals surface area contributed by atoms with Crippen LogP contribution >= 0.6 is 0 Å². The Balaban J connectivity index is 2.81. The van der Waals surface area contributed by atoms with Crippen molar-refractivity contribution in [1.82, 2.24) is 14.8 Å². The second-order valence-corrected chi connectivity index (χ2v) is 4.10. The van der Waals surface area contributed by atoms with E-state index in [1.54, 1.807) is 0 Å². The predicted molar refractivity (Wildman–Crippen MR) is 50.8 cm³/mol. The second kappa shape index (κ2) is 3.30. The molecule has 0 aliphatic heterocycles. The Bertz CT molecular complexity index is 284. The fraction of sp³-hybridized carbons (Fsp3) is 0.556. The first-order chi connectivity index (χ1) is 5.93. The molecule has 0 amide bonds. The summed E-state index contributed by atoms with van der Waals surface area (Å²) in [6.45, 7) is 9.61. The van der Waals surface area contributed by atoms with Crippen LogP contribution in [0.1, 0.15) is 20.8 Å². The van der Waals surface area contributed by atoms with Crippen LogP contribution in [0.5, 0.6) is 0 Å². The molecule has 0 aliphatic rings. The predicted octanol–water partition coefficient (Wildman–Crippen LogP) is 1.16. The lowest BCUT2D eigenvalue weighted by Crippen LogP contribution is -2.29. The van der Waals surface area contributed by atoms with Gasteiger partial charge in [0.2, 0.25) is 0 Å². The Hall–Kier alpha value is -1.16. The van der Waals surface area contributed by atoms with E-state index >= 15 is 0 Å². The number of hydrogen-bond acceptors (Lipinski definition) is 3. The normalized spacial score (nSPS) is 14.2. The second-order valence-electron chi connectivity index (χ2n) is 4.10. The van der Waals surface area contributed by atoms with Gasteiger partial charge in [0.1, 0.15) is 18.8 Å². The van der Waals surface area contributed by atoms with E-state index in [2.05, 4.69) is 16.7 Å². The molecule has 13 heavy (non-hydrogen) atoms. The minimum absolute atomic E-state index is 0.233. The highest BCUT2D eigenvalue weighted by Gasteiger charge is 2.25. The van der Waals surface area contributed by atoms with Crippen molar-refractivity contribution in [3.8, 4) is 0 Å². The molecule has 72 valence electrons. The zero-order valence-electron chi connectivity index (χ0n) is 8.23. The van der Waals surface area contributed by atoms with E-state index in [1.807, 2.05) is 20.8 Å². The van der Waals surface area contributed by atoms with Gasteiger partial charge in [-0.1, -0.05) is 27.4 Å². The third-order valence-electron chi connectivity index (χ3n) is 1.85. The molecule has 1 rings (SSSR count). The van der Waals surface area contributed by atoms with Gasteiger partial charge in [0.25, 0.3) is 0 Å². The molecule has 1 N–H and O–H groups in total. The summed E-state index contributed by atoms with van der Waals surface area (Å²) in [7, 11) is 0. The molecule has 1 unspecified atom stereocenters. The van der Waals surface area contributed by atoms with E-state index in [-0.39, 0.29) is 5.41 Å².